The fourth-order valence-corrected chi connectivity index (χ4v) is 3.05. The van der Waals surface area contributed by atoms with Crippen molar-refractivity contribution in [1.82, 2.24) is 4.98 Å². The fourth-order valence-electron chi connectivity index (χ4n) is 3.05. The van der Waals surface area contributed by atoms with Gasteiger partial charge >= 0.3 is 0 Å². The van der Waals surface area contributed by atoms with E-state index in [0.717, 1.165) is 24.2 Å². The molecule has 0 fully saturated rings. The molecule has 1 heterocycles. The van der Waals surface area contributed by atoms with Crippen molar-refractivity contribution in [1.29, 1.82) is 0 Å². The predicted octanol–water partition coefficient (Wildman–Crippen LogP) is 4.36. The molecule has 1 aromatic heterocycles. The number of carbonyl (C=O) groups excluding carboxylic acids is 1. The predicted molar refractivity (Wildman–Crippen MR) is 93.2 cm³/mol. The molecule has 0 unspecified atom stereocenters. The Bertz CT molecular complexity index is 715. The van der Waals surface area contributed by atoms with Crippen LogP contribution in [0.5, 0.6) is 0 Å². The lowest BCUT2D eigenvalue weighted by molar-refractivity contribution is -0.117. The minimum atomic E-state index is 0.0372. The lowest BCUT2D eigenvalue weighted by Crippen LogP contribution is -2.24. The van der Waals surface area contributed by atoms with Crippen molar-refractivity contribution in [2.24, 2.45) is 5.41 Å². The molecule has 3 heteroatoms. The second-order valence-corrected chi connectivity index (χ2v) is 7.01. The first-order valence-corrected chi connectivity index (χ1v) is 7.98. The van der Waals surface area contributed by atoms with Crippen LogP contribution < -0.4 is 5.32 Å². The Morgan fingerprint density at radius 1 is 1.00 bits per heavy atom. The van der Waals surface area contributed by atoms with Gasteiger partial charge in [-0.3, -0.25) is 9.78 Å². The molecule has 0 saturated heterocycles. The summed E-state index contributed by atoms with van der Waals surface area (Å²) in [5.74, 6) is 0.207. The van der Waals surface area contributed by atoms with Crippen LogP contribution in [-0.2, 0) is 11.2 Å². The number of allylic oxidation sites excluding steroid dienone is 2. The summed E-state index contributed by atoms with van der Waals surface area (Å²) in [6, 6.07) is 12.5. The highest BCUT2D eigenvalue weighted by molar-refractivity contribution is 5.92. The highest BCUT2D eigenvalue weighted by Gasteiger charge is 2.27. The smallest absolute Gasteiger partial charge is 0.157 e. The number of nitrogens with zero attached hydrogens (tertiary/aromatic N) is 1. The average Bonchev–Trinajstić information content (AvgIpc) is 2.48. The summed E-state index contributed by atoms with van der Waals surface area (Å²) >= 11 is 0. The Hall–Kier alpha value is -2.42. The number of pyridine rings is 1. The number of carbonyl (C=O) groups is 1. The molecule has 3 nitrogen and oxygen atoms in total. The number of hydrogen-bond donors (Lipinski definition) is 1. The van der Waals surface area contributed by atoms with E-state index in [9.17, 15) is 4.79 Å². The molecule has 1 N–H and O–H groups in total. The van der Waals surface area contributed by atoms with Gasteiger partial charge in [0.15, 0.2) is 5.78 Å². The van der Waals surface area contributed by atoms with Crippen molar-refractivity contribution in [3.63, 3.8) is 0 Å². The number of nitrogens with one attached hydrogen (secondary N) is 1. The Morgan fingerprint density at radius 3 is 2.30 bits per heavy atom. The van der Waals surface area contributed by atoms with Gasteiger partial charge in [-0.15, -0.1) is 0 Å². The van der Waals surface area contributed by atoms with Gasteiger partial charge in [-0.2, -0.15) is 0 Å². The van der Waals surface area contributed by atoms with Crippen LogP contribution in [0.4, 0.5) is 5.69 Å². The molecule has 1 aromatic carbocycles. The molecule has 0 amide bonds. The first kappa shape index (κ1) is 15.5. The zero-order valence-electron chi connectivity index (χ0n) is 13.7. The highest BCUT2D eigenvalue weighted by atomic mass is 16.1. The largest absolute Gasteiger partial charge is 0.359 e. The maximum atomic E-state index is 11.8. The molecular formula is C20H22N2O. The molecule has 1 aliphatic carbocycles. The lowest BCUT2D eigenvalue weighted by atomic mass is 9.79. The quantitative estimate of drug-likeness (QED) is 0.912. The normalized spacial score (nSPS) is 16.8. The van der Waals surface area contributed by atoms with Crippen molar-refractivity contribution < 1.29 is 4.79 Å². The van der Waals surface area contributed by atoms with Gasteiger partial charge in [-0.1, -0.05) is 26.0 Å². The number of ketones is 1. The van der Waals surface area contributed by atoms with Gasteiger partial charge in [-0.25, -0.2) is 0 Å². The Labute approximate surface area is 137 Å². The summed E-state index contributed by atoms with van der Waals surface area (Å²) in [7, 11) is 0. The SMILES string of the molecule is CC1(C)CC(=O)C=C(Nc2ccc(Cc3ccncc3)cc2)C1. The third-order valence-electron chi connectivity index (χ3n) is 4.07. The summed E-state index contributed by atoms with van der Waals surface area (Å²) in [6.45, 7) is 4.27. The van der Waals surface area contributed by atoms with Gasteiger partial charge < -0.3 is 5.32 Å². The first-order chi connectivity index (χ1) is 11.0. The van der Waals surface area contributed by atoms with Gasteiger partial charge in [-0.05, 0) is 53.6 Å². The van der Waals surface area contributed by atoms with Crippen LogP contribution in [0.2, 0.25) is 0 Å². The summed E-state index contributed by atoms with van der Waals surface area (Å²) < 4.78 is 0. The van der Waals surface area contributed by atoms with Crippen LogP contribution in [0.15, 0.2) is 60.6 Å². The molecule has 0 saturated carbocycles. The Morgan fingerprint density at radius 2 is 1.65 bits per heavy atom. The van der Waals surface area contributed by atoms with Crippen LogP contribution in [-0.4, -0.2) is 10.8 Å². The van der Waals surface area contributed by atoms with Crippen LogP contribution in [0.25, 0.3) is 0 Å². The van der Waals surface area contributed by atoms with E-state index >= 15 is 0 Å². The summed E-state index contributed by atoms with van der Waals surface area (Å²) in [4.78, 5) is 15.9. The van der Waals surface area contributed by atoms with E-state index in [1.807, 2.05) is 24.5 Å². The standard InChI is InChI=1S/C20H22N2O/c1-20(2)13-18(12-19(23)14-20)22-17-5-3-15(4-6-17)11-16-7-9-21-10-8-16/h3-10,12,22H,11,13-14H2,1-2H3. The Balaban J connectivity index is 1.67. The average molecular weight is 306 g/mol. The molecule has 0 spiro atoms. The second kappa shape index (κ2) is 6.37. The van der Waals surface area contributed by atoms with Gasteiger partial charge in [0.1, 0.15) is 0 Å². The molecule has 0 atom stereocenters. The fraction of sp³-hybridized carbons (Fsp3) is 0.300. The van der Waals surface area contributed by atoms with Gasteiger partial charge in [0.05, 0.1) is 0 Å². The zero-order valence-corrected chi connectivity index (χ0v) is 13.7. The number of aromatic nitrogens is 1. The van der Waals surface area contributed by atoms with Crippen LogP contribution in [0, 0.1) is 5.41 Å². The van der Waals surface area contributed by atoms with Crippen molar-refractivity contribution >= 4 is 11.5 Å². The second-order valence-electron chi connectivity index (χ2n) is 7.01. The van der Waals surface area contributed by atoms with E-state index in [-0.39, 0.29) is 11.2 Å². The first-order valence-electron chi connectivity index (χ1n) is 7.98. The topological polar surface area (TPSA) is 42.0 Å². The molecular weight excluding hydrogens is 284 g/mol. The number of rotatable bonds is 4. The van der Waals surface area contributed by atoms with E-state index in [1.54, 1.807) is 6.08 Å². The van der Waals surface area contributed by atoms with Crippen LogP contribution >= 0.6 is 0 Å². The minimum absolute atomic E-state index is 0.0372. The molecule has 23 heavy (non-hydrogen) atoms. The minimum Gasteiger partial charge on any atom is -0.359 e. The maximum absolute atomic E-state index is 11.8. The van der Waals surface area contributed by atoms with Crippen LogP contribution in [0.3, 0.4) is 0 Å². The van der Waals surface area contributed by atoms with E-state index in [0.29, 0.717) is 6.42 Å². The Kier molecular flexibility index (Phi) is 4.28. The van der Waals surface area contributed by atoms with Gasteiger partial charge in [0.25, 0.3) is 0 Å². The highest BCUT2D eigenvalue weighted by Crippen LogP contribution is 2.34. The van der Waals surface area contributed by atoms with Gasteiger partial charge in [0.2, 0.25) is 0 Å². The lowest BCUT2D eigenvalue weighted by Gasteiger charge is -2.29. The molecule has 3 rings (SSSR count). The van der Waals surface area contributed by atoms with E-state index < -0.39 is 0 Å². The summed E-state index contributed by atoms with van der Waals surface area (Å²) in [5, 5.41) is 3.39. The molecule has 1 aliphatic rings. The number of hydrogen-bond acceptors (Lipinski definition) is 3. The summed E-state index contributed by atoms with van der Waals surface area (Å²) in [5.41, 5.74) is 4.59. The molecule has 0 bridgehead atoms. The molecule has 0 aliphatic heterocycles. The van der Waals surface area contributed by atoms with Crippen molar-refractivity contribution in [3.05, 3.63) is 71.7 Å². The monoisotopic (exact) mass is 306 g/mol. The third kappa shape index (κ3) is 4.28. The van der Waals surface area contributed by atoms with Crippen molar-refractivity contribution in [2.75, 3.05) is 5.32 Å². The number of anilines is 1. The van der Waals surface area contributed by atoms with Gasteiger partial charge in [0, 0.05) is 36.3 Å². The van der Waals surface area contributed by atoms with E-state index in [1.165, 1.54) is 11.1 Å². The molecule has 2 aromatic rings. The van der Waals surface area contributed by atoms with E-state index in [4.69, 9.17) is 0 Å². The van der Waals surface area contributed by atoms with E-state index in [2.05, 4.69) is 48.4 Å². The third-order valence-corrected chi connectivity index (χ3v) is 4.07. The van der Waals surface area contributed by atoms with Crippen molar-refractivity contribution in [2.45, 2.75) is 33.1 Å². The molecule has 118 valence electrons. The molecule has 0 radical (unpaired) electrons. The number of benzene rings is 1. The van der Waals surface area contributed by atoms with Crippen LogP contribution in [0.1, 0.15) is 37.8 Å². The summed E-state index contributed by atoms with van der Waals surface area (Å²) in [6.07, 6.45) is 7.81. The maximum Gasteiger partial charge on any atom is 0.157 e. The zero-order chi connectivity index (χ0) is 16.3. The van der Waals surface area contributed by atoms with Crippen molar-refractivity contribution in [3.8, 4) is 0 Å².